The Morgan fingerprint density at radius 1 is 1.18 bits per heavy atom. The molecule has 6 nitrogen and oxygen atoms in total. The summed E-state index contributed by atoms with van der Waals surface area (Å²) in [6, 6.07) is 9.49. The zero-order valence-electron chi connectivity index (χ0n) is 18.2. The Hall–Kier alpha value is -3.40. The molecule has 3 aromatic heterocycles. The van der Waals surface area contributed by atoms with Crippen LogP contribution in [0.4, 0.5) is 13.2 Å². The number of aromatic nitrogens is 3. The predicted octanol–water partition coefficient (Wildman–Crippen LogP) is 5.39. The molecular formula is C23H21F3N4O2S. The summed E-state index contributed by atoms with van der Waals surface area (Å²) < 4.78 is 48.3. The Bertz CT molecular complexity index is 1290. The van der Waals surface area contributed by atoms with E-state index < -0.39 is 17.6 Å². The lowest BCUT2D eigenvalue weighted by atomic mass is 10.1. The van der Waals surface area contributed by atoms with Gasteiger partial charge < -0.3 is 9.73 Å². The number of aryl methyl sites for hydroxylation is 3. The van der Waals surface area contributed by atoms with E-state index in [-0.39, 0.29) is 18.5 Å². The van der Waals surface area contributed by atoms with Crippen LogP contribution in [-0.4, -0.2) is 20.7 Å². The number of alkyl halides is 3. The molecule has 10 heteroatoms. The molecule has 0 bridgehead atoms. The lowest BCUT2D eigenvalue weighted by Gasteiger charge is -2.16. The maximum Gasteiger partial charge on any atom is 0.416 e. The van der Waals surface area contributed by atoms with Crippen LogP contribution in [0.2, 0.25) is 0 Å². The standard InChI is InChI=1S/C23H21F3N4O2S/c1-13-9-14(2)30(29-13)17-7-6-16(18(10-17)23(24,25)26)12-27-21(31)11-19-15(3)32-22(28-19)20-5-4-8-33-20/h4-10H,11-12H2,1-3H3,(H,27,31). The van der Waals surface area contributed by atoms with Gasteiger partial charge in [0.15, 0.2) is 0 Å². The van der Waals surface area contributed by atoms with E-state index in [4.69, 9.17) is 4.42 Å². The lowest BCUT2D eigenvalue weighted by Crippen LogP contribution is -2.26. The normalized spacial score (nSPS) is 11.7. The molecule has 1 aromatic carbocycles. The summed E-state index contributed by atoms with van der Waals surface area (Å²) >= 11 is 1.46. The molecule has 33 heavy (non-hydrogen) atoms. The van der Waals surface area contributed by atoms with Crippen LogP contribution in [0.25, 0.3) is 16.5 Å². The average molecular weight is 475 g/mol. The van der Waals surface area contributed by atoms with Gasteiger partial charge in [0.2, 0.25) is 11.8 Å². The number of nitrogens with one attached hydrogen (secondary N) is 1. The summed E-state index contributed by atoms with van der Waals surface area (Å²) in [7, 11) is 0. The molecule has 0 radical (unpaired) electrons. The Labute approximate surface area is 192 Å². The molecule has 0 spiro atoms. The number of oxazole rings is 1. The molecule has 0 atom stereocenters. The monoisotopic (exact) mass is 474 g/mol. The van der Waals surface area contributed by atoms with E-state index in [0.29, 0.717) is 28.7 Å². The molecule has 4 rings (SSSR count). The van der Waals surface area contributed by atoms with Crippen LogP contribution in [0.3, 0.4) is 0 Å². The van der Waals surface area contributed by atoms with Crippen molar-refractivity contribution in [1.82, 2.24) is 20.1 Å². The zero-order valence-corrected chi connectivity index (χ0v) is 19.0. The van der Waals surface area contributed by atoms with E-state index in [9.17, 15) is 18.0 Å². The van der Waals surface area contributed by atoms with Crippen LogP contribution < -0.4 is 5.32 Å². The molecule has 172 valence electrons. The molecule has 0 aliphatic heterocycles. The van der Waals surface area contributed by atoms with E-state index in [1.165, 1.54) is 22.1 Å². The fourth-order valence-electron chi connectivity index (χ4n) is 3.51. The number of hydrogen-bond acceptors (Lipinski definition) is 5. The maximum absolute atomic E-state index is 13.7. The molecule has 0 unspecified atom stereocenters. The Balaban J connectivity index is 1.50. The van der Waals surface area contributed by atoms with Crippen molar-refractivity contribution in [3.63, 3.8) is 0 Å². The fourth-order valence-corrected chi connectivity index (χ4v) is 4.16. The second kappa shape index (κ2) is 8.86. The number of amides is 1. The summed E-state index contributed by atoms with van der Waals surface area (Å²) in [6.07, 6.45) is -4.67. The number of benzene rings is 1. The molecule has 1 N–H and O–H groups in total. The number of thiophene rings is 1. The van der Waals surface area contributed by atoms with Gasteiger partial charge in [0.1, 0.15) is 5.76 Å². The smallest absolute Gasteiger partial charge is 0.416 e. The predicted molar refractivity (Wildman–Crippen MR) is 118 cm³/mol. The topological polar surface area (TPSA) is 73.0 Å². The van der Waals surface area contributed by atoms with Gasteiger partial charge in [-0.1, -0.05) is 12.1 Å². The van der Waals surface area contributed by atoms with Gasteiger partial charge in [-0.3, -0.25) is 4.79 Å². The van der Waals surface area contributed by atoms with Crippen molar-refractivity contribution in [3.8, 4) is 16.5 Å². The molecular weight excluding hydrogens is 453 g/mol. The van der Waals surface area contributed by atoms with Crippen LogP contribution in [0.15, 0.2) is 46.2 Å². The minimum atomic E-state index is -4.58. The van der Waals surface area contributed by atoms with Crippen LogP contribution in [0, 0.1) is 20.8 Å². The molecule has 0 aliphatic carbocycles. The first-order valence-electron chi connectivity index (χ1n) is 10.1. The summed E-state index contributed by atoms with van der Waals surface area (Å²) in [6.45, 7) is 4.99. The first-order valence-corrected chi connectivity index (χ1v) is 11.0. The van der Waals surface area contributed by atoms with Crippen molar-refractivity contribution in [1.29, 1.82) is 0 Å². The number of carbonyl (C=O) groups is 1. The molecule has 0 saturated heterocycles. The number of hydrogen-bond donors (Lipinski definition) is 1. The van der Waals surface area contributed by atoms with Crippen molar-refractivity contribution in [2.45, 2.75) is 39.9 Å². The van der Waals surface area contributed by atoms with Gasteiger partial charge >= 0.3 is 6.18 Å². The molecule has 4 aromatic rings. The average Bonchev–Trinajstić information content (AvgIpc) is 3.47. The summed E-state index contributed by atoms with van der Waals surface area (Å²) in [5.41, 5.74) is 1.35. The molecule has 3 heterocycles. The van der Waals surface area contributed by atoms with Gasteiger partial charge in [-0.25, -0.2) is 9.67 Å². The third kappa shape index (κ3) is 5.00. The Kier molecular flexibility index (Phi) is 6.11. The van der Waals surface area contributed by atoms with Crippen LogP contribution in [0.1, 0.15) is 34.0 Å². The van der Waals surface area contributed by atoms with E-state index in [2.05, 4.69) is 15.4 Å². The largest absolute Gasteiger partial charge is 0.440 e. The summed E-state index contributed by atoms with van der Waals surface area (Å²) in [5.74, 6) is 0.475. The van der Waals surface area contributed by atoms with Gasteiger partial charge in [0.05, 0.1) is 33.9 Å². The highest BCUT2D eigenvalue weighted by Crippen LogP contribution is 2.34. The third-order valence-electron chi connectivity index (χ3n) is 5.08. The second-order valence-electron chi connectivity index (χ2n) is 7.63. The molecule has 0 saturated carbocycles. The van der Waals surface area contributed by atoms with Crippen molar-refractivity contribution in [2.75, 3.05) is 0 Å². The van der Waals surface area contributed by atoms with Crippen molar-refractivity contribution in [3.05, 3.63) is 75.7 Å². The lowest BCUT2D eigenvalue weighted by molar-refractivity contribution is -0.138. The van der Waals surface area contributed by atoms with Crippen LogP contribution >= 0.6 is 11.3 Å². The Morgan fingerprint density at radius 2 is 1.97 bits per heavy atom. The molecule has 1 amide bonds. The SMILES string of the molecule is Cc1cc(C)n(-c2ccc(CNC(=O)Cc3nc(-c4cccs4)oc3C)c(C(F)(F)F)c2)n1. The van der Waals surface area contributed by atoms with E-state index >= 15 is 0 Å². The molecule has 0 aliphatic rings. The zero-order chi connectivity index (χ0) is 23.8. The fraction of sp³-hybridized carbons (Fsp3) is 0.261. The highest BCUT2D eigenvalue weighted by Gasteiger charge is 2.34. The van der Waals surface area contributed by atoms with E-state index in [0.717, 1.165) is 16.6 Å². The minimum absolute atomic E-state index is 0.0303. The third-order valence-corrected chi connectivity index (χ3v) is 5.94. The van der Waals surface area contributed by atoms with E-state index in [1.54, 1.807) is 32.9 Å². The summed E-state index contributed by atoms with van der Waals surface area (Å²) in [4.78, 5) is 17.6. The quantitative estimate of drug-likeness (QED) is 0.407. The van der Waals surface area contributed by atoms with Gasteiger partial charge in [0, 0.05) is 12.2 Å². The van der Waals surface area contributed by atoms with Crippen molar-refractivity contribution < 1.29 is 22.4 Å². The second-order valence-corrected chi connectivity index (χ2v) is 8.58. The van der Waals surface area contributed by atoms with Gasteiger partial charge in [-0.15, -0.1) is 11.3 Å². The number of carbonyl (C=O) groups excluding carboxylic acids is 1. The first kappa shape index (κ1) is 22.8. The van der Waals surface area contributed by atoms with Gasteiger partial charge in [-0.2, -0.15) is 18.3 Å². The van der Waals surface area contributed by atoms with Crippen LogP contribution in [-0.2, 0) is 23.9 Å². The number of nitrogens with zero attached hydrogens (tertiary/aromatic N) is 3. The minimum Gasteiger partial charge on any atom is -0.440 e. The Morgan fingerprint density at radius 3 is 2.61 bits per heavy atom. The van der Waals surface area contributed by atoms with E-state index in [1.807, 2.05) is 17.5 Å². The van der Waals surface area contributed by atoms with Crippen molar-refractivity contribution in [2.24, 2.45) is 0 Å². The van der Waals surface area contributed by atoms with Crippen LogP contribution in [0.5, 0.6) is 0 Å². The highest BCUT2D eigenvalue weighted by molar-refractivity contribution is 7.13. The van der Waals surface area contributed by atoms with Gasteiger partial charge in [-0.05, 0) is 56.0 Å². The maximum atomic E-state index is 13.7. The number of halogens is 3. The van der Waals surface area contributed by atoms with Gasteiger partial charge in [0.25, 0.3) is 0 Å². The first-order chi connectivity index (χ1) is 15.6. The highest BCUT2D eigenvalue weighted by atomic mass is 32.1. The number of rotatable bonds is 6. The molecule has 0 fully saturated rings. The van der Waals surface area contributed by atoms with Crippen molar-refractivity contribution >= 4 is 17.2 Å². The summed E-state index contributed by atoms with van der Waals surface area (Å²) in [5, 5.41) is 8.70.